The normalized spacial score (nSPS) is 12.0. The van der Waals surface area contributed by atoms with Gasteiger partial charge in [0.05, 0.1) is 12.0 Å². The summed E-state index contributed by atoms with van der Waals surface area (Å²) in [6, 6.07) is 7.80. The molecular formula is C16H21N5O3. The van der Waals surface area contributed by atoms with Crippen LogP contribution >= 0.6 is 0 Å². The Hall–Kier alpha value is -2.90. The zero-order valence-electron chi connectivity index (χ0n) is 13.9. The van der Waals surface area contributed by atoms with Crippen LogP contribution in [0.3, 0.4) is 0 Å². The van der Waals surface area contributed by atoms with Crippen molar-refractivity contribution in [3.63, 3.8) is 0 Å². The standard InChI is InChI=1S/C16H21N5O3/c1-10(2)12(8-11-6-4-5-7-14(11)24-3)19-16-18-9-13(21(22)23)15(17)20-16/h4-7,9-10,12H,8H2,1-3H3,(H3,17,18,19,20). The maximum atomic E-state index is 10.8. The molecule has 2 rings (SSSR count). The predicted octanol–water partition coefficient (Wildman–Crippen LogP) is 2.65. The lowest BCUT2D eigenvalue weighted by Crippen LogP contribution is -2.29. The highest BCUT2D eigenvalue weighted by Gasteiger charge is 2.19. The number of nitrogens with zero attached hydrogens (tertiary/aromatic N) is 3. The van der Waals surface area contributed by atoms with Crippen molar-refractivity contribution in [3.05, 3.63) is 46.1 Å². The molecule has 0 saturated heterocycles. The lowest BCUT2D eigenvalue weighted by atomic mass is 9.96. The number of hydrogen-bond donors (Lipinski definition) is 2. The molecule has 0 amide bonds. The first kappa shape index (κ1) is 17.5. The zero-order valence-corrected chi connectivity index (χ0v) is 13.9. The third-order valence-corrected chi connectivity index (χ3v) is 3.75. The fraction of sp³-hybridized carbons (Fsp3) is 0.375. The molecule has 1 unspecified atom stereocenters. The van der Waals surface area contributed by atoms with Gasteiger partial charge in [0, 0.05) is 6.04 Å². The van der Waals surface area contributed by atoms with E-state index in [0.717, 1.165) is 17.5 Å². The number of benzene rings is 1. The summed E-state index contributed by atoms with van der Waals surface area (Å²) in [5, 5.41) is 14.0. The molecule has 1 aromatic carbocycles. The highest BCUT2D eigenvalue weighted by atomic mass is 16.6. The number of rotatable bonds is 7. The van der Waals surface area contributed by atoms with Gasteiger partial charge >= 0.3 is 5.69 Å². The summed E-state index contributed by atoms with van der Waals surface area (Å²) in [6.45, 7) is 4.14. The molecule has 0 saturated carbocycles. The number of ether oxygens (including phenoxy) is 1. The van der Waals surface area contributed by atoms with E-state index >= 15 is 0 Å². The SMILES string of the molecule is COc1ccccc1CC(Nc1ncc([N+](=O)[O-])c(N)n1)C(C)C. The average molecular weight is 331 g/mol. The van der Waals surface area contributed by atoms with E-state index < -0.39 is 4.92 Å². The van der Waals surface area contributed by atoms with Crippen molar-refractivity contribution in [2.75, 3.05) is 18.2 Å². The first-order chi connectivity index (χ1) is 11.4. The first-order valence-electron chi connectivity index (χ1n) is 7.57. The molecule has 24 heavy (non-hydrogen) atoms. The molecule has 8 heteroatoms. The number of nitrogens with one attached hydrogen (secondary N) is 1. The molecule has 3 N–H and O–H groups in total. The number of aromatic nitrogens is 2. The zero-order chi connectivity index (χ0) is 17.7. The summed E-state index contributed by atoms with van der Waals surface area (Å²) >= 11 is 0. The maximum Gasteiger partial charge on any atom is 0.329 e. The number of anilines is 2. The van der Waals surface area contributed by atoms with Crippen molar-refractivity contribution in [1.29, 1.82) is 0 Å². The second kappa shape index (κ2) is 7.58. The molecule has 0 aliphatic rings. The highest BCUT2D eigenvalue weighted by molar-refractivity contribution is 5.53. The second-order valence-electron chi connectivity index (χ2n) is 5.73. The Morgan fingerprint density at radius 1 is 1.38 bits per heavy atom. The molecule has 0 spiro atoms. The van der Waals surface area contributed by atoms with E-state index in [9.17, 15) is 10.1 Å². The molecule has 2 aromatic rings. The fourth-order valence-electron chi connectivity index (χ4n) is 2.33. The number of nitro groups is 1. The van der Waals surface area contributed by atoms with Crippen molar-refractivity contribution < 1.29 is 9.66 Å². The van der Waals surface area contributed by atoms with Crippen LogP contribution in [-0.4, -0.2) is 28.0 Å². The third kappa shape index (κ3) is 4.09. The van der Waals surface area contributed by atoms with Crippen LogP contribution in [-0.2, 0) is 6.42 Å². The van der Waals surface area contributed by atoms with Crippen LogP contribution in [0.15, 0.2) is 30.5 Å². The Kier molecular flexibility index (Phi) is 5.51. The van der Waals surface area contributed by atoms with Gasteiger partial charge in [-0.25, -0.2) is 4.98 Å². The predicted molar refractivity (Wildman–Crippen MR) is 92.0 cm³/mol. The van der Waals surface area contributed by atoms with E-state index in [1.165, 1.54) is 0 Å². The molecule has 0 aliphatic carbocycles. The lowest BCUT2D eigenvalue weighted by molar-refractivity contribution is -0.384. The van der Waals surface area contributed by atoms with Gasteiger partial charge in [0.25, 0.3) is 0 Å². The minimum absolute atomic E-state index is 0.0159. The summed E-state index contributed by atoms with van der Waals surface area (Å²) in [6.07, 6.45) is 1.81. The van der Waals surface area contributed by atoms with E-state index in [1.807, 2.05) is 24.3 Å². The number of hydrogen-bond acceptors (Lipinski definition) is 7. The van der Waals surface area contributed by atoms with Crippen molar-refractivity contribution >= 4 is 17.5 Å². The van der Waals surface area contributed by atoms with Crippen molar-refractivity contribution in [2.24, 2.45) is 5.92 Å². The topological polar surface area (TPSA) is 116 Å². The van der Waals surface area contributed by atoms with E-state index in [0.29, 0.717) is 6.42 Å². The van der Waals surface area contributed by atoms with Gasteiger partial charge in [0.1, 0.15) is 11.9 Å². The van der Waals surface area contributed by atoms with Gasteiger partial charge in [-0.05, 0) is 24.0 Å². The summed E-state index contributed by atoms with van der Waals surface area (Å²) in [5.74, 6) is 1.20. The van der Waals surface area contributed by atoms with E-state index in [1.54, 1.807) is 7.11 Å². The summed E-state index contributed by atoms with van der Waals surface area (Å²) in [4.78, 5) is 18.2. The van der Waals surface area contributed by atoms with Crippen LogP contribution in [0.4, 0.5) is 17.5 Å². The van der Waals surface area contributed by atoms with Crippen LogP contribution in [0.1, 0.15) is 19.4 Å². The second-order valence-corrected chi connectivity index (χ2v) is 5.73. The van der Waals surface area contributed by atoms with Crippen LogP contribution in [0, 0.1) is 16.0 Å². The minimum Gasteiger partial charge on any atom is -0.496 e. The molecule has 0 radical (unpaired) electrons. The van der Waals surface area contributed by atoms with Gasteiger partial charge in [-0.15, -0.1) is 0 Å². The van der Waals surface area contributed by atoms with Crippen molar-refractivity contribution in [3.8, 4) is 5.75 Å². The summed E-state index contributed by atoms with van der Waals surface area (Å²) in [5.41, 5.74) is 6.38. The van der Waals surface area contributed by atoms with Crippen molar-refractivity contribution in [1.82, 2.24) is 9.97 Å². The fourth-order valence-corrected chi connectivity index (χ4v) is 2.33. The number of methoxy groups -OCH3 is 1. The molecule has 0 aliphatic heterocycles. The highest BCUT2D eigenvalue weighted by Crippen LogP contribution is 2.24. The van der Waals surface area contributed by atoms with Gasteiger partial charge in [-0.1, -0.05) is 32.0 Å². The molecule has 8 nitrogen and oxygen atoms in total. The van der Waals surface area contributed by atoms with Crippen LogP contribution < -0.4 is 15.8 Å². The summed E-state index contributed by atoms with van der Waals surface area (Å²) in [7, 11) is 1.64. The number of nitrogen functional groups attached to an aromatic ring is 1. The van der Waals surface area contributed by atoms with Crippen molar-refractivity contribution in [2.45, 2.75) is 26.3 Å². The summed E-state index contributed by atoms with van der Waals surface area (Å²) < 4.78 is 5.38. The molecule has 0 bridgehead atoms. The van der Waals surface area contributed by atoms with Gasteiger partial charge in [-0.3, -0.25) is 10.1 Å². The van der Waals surface area contributed by atoms with Crippen LogP contribution in [0.2, 0.25) is 0 Å². The Morgan fingerprint density at radius 3 is 2.67 bits per heavy atom. The number of para-hydroxylation sites is 1. The van der Waals surface area contributed by atoms with E-state index in [2.05, 4.69) is 29.1 Å². The smallest absolute Gasteiger partial charge is 0.329 e. The monoisotopic (exact) mass is 331 g/mol. The van der Waals surface area contributed by atoms with Gasteiger partial charge in [-0.2, -0.15) is 4.98 Å². The largest absolute Gasteiger partial charge is 0.496 e. The molecule has 1 aromatic heterocycles. The molecule has 1 heterocycles. The Balaban J connectivity index is 2.20. The van der Waals surface area contributed by atoms with E-state index in [-0.39, 0.29) is 29.4 Å². The Labute approximate surface area is 140 Å². The quantitative estimate of drug-likeness (QED) is 0.591. The average Bonchev–Trinajstić information content (AvgIpc) is 2.54. The number of nitrogens with two attached hydrogens (primary N) is 1. The maximum absolute atomic E-state index is 10.8. The van der Waals surface area contributed by atoms with Gasteiger partial charge in [0.2, 0.25) is 11.8 Å². The van der Waals surface area contributed by atoms with Crippen LogP contribution in [0.5, 0.6) is 5.75 Å². The minimum atomic E-state index is -0.603. The van der Waals surface area contributed by atoms with Gasteiger partial charge < -0.3 is 15.8 Å². The lowest BCUT2D eigenvalue weighted by Gasteiger charge is -2.23. The van der Waals surface area contributed by atoms with Gasteiger partial charge in [0.15, 0.2) is 0 Å². The van der Waals surface area contributed by atoms with Crippen LogP contribution in [0.25, 0.3) is 0 Å². The Bertz CT molecular complexity index is 721. The molecule has 0 fully saturated rings. The third-order valence-electron chi connectivity index (χ3n) is 3.75. The molecule has 1 atom stereocenters. The Morgan fingerprint density at radius 2 is 2.08 bits per heavy atom. The molecule has 128 valence electrons. The first-order valence-corrected chi connectivity index (χ1v) is 7.57. The van der Waals surface area contributed by atoms with E-state index in [4.69, 9.17) is 10.5 Å². The molecular weight excluding hydrogens is 310 g/mol.